The van der Waals surface area contributed by atoms with Crippen molar-refractivity contribution in [3.05, 3.63) is 29.8 Å². The fourth-order valence-electron chi connectivity index (χ4n) is 3.15. The van der Waals surface area contributed by atoms with Gasteiger partial charge in [0.25, 0.3) is 0 Å². The van der Waals surface area contributed by atoms with E-state index in [1.54, 1.807) is 24.3 Å². The largest absolute Gasteiger partial charge is 0.508 e. The third-order valence-electron chi connectivity index (χ3n) is 4.49. The highest BCUT2D eigenvalue weighted by Crippen LogP contribution is 2.28. The molecule has 1 aliphatic carbocycles. The second-order valence-electron chi connectivity index (χ2n) is 6.49. The first-order valence-electron chi connectivity index (χ1n) is 7.79. The first-order chi connectivity index (χ1) is 9.95. The summed E-state index contributed by atoms with van der Waals surface area (Å²) in [4.78, 5) is 12.2. The third-order valence-corrected chi connectivity index (χ3v) is 4.49. The van der Waals surface area contributed by atoms with Crippen LogP contribution in [0.1, 0.15) is 38.7 Å². The molecule has 0 bridgehead atoms. The summed E-state index contributed by atoms with van der Waals surface area (Å²) < 4.78 is 0. The maximum atomic E-state index is 12.2. The van der Waals surface area contributed by atoms with Crippen LogP contribution in [0.2, 0.25) is 0 Å². The molecule has 1 fully saturated rings. The van der Waals surface area contributed by atoms with E-state index in [0.717, 1.165) is 24.3 Å². The average Bonchev–Trinajstić information content (AvgIpc) is 2.44. The summed E-state index contributed by atoms with van der Waals surface area (Å²) in [5.74, 6) is 1.41. The van der Waals surface area contributed by atoms with Crippen LogP contribution in [0.4, 0.5) is 0 Å². The maximum absolute atomic E-state index is 12.2. The standard InChI is InChI=1S/C17H26N2O2/c1-11-3-8-16(12(2)9-11)19-17(21)15(18)10-13-4-6-14(20)7-5-13/h4-7,11-12,15-16,20H,3,8-10,18H2,1-2H3,(H,19,21)/t11?,12?,15-,16?/m0/s1. The van der Waals surface area contributed by atoms with E-state index in [-0.39, 0.29) is 17.7 Å². The van der Waals surface area contributed by atoms with Crippen LogP contribution in [-0.4, -0.2) is 23.1 Å². The Balaban J connectivity index is 1.86. The number of nitrogens with two attached hydrogens (primary N) is 1. The molecule has 1 saturated carbocycles. The highest BCUT2D eigenvalue weighted by atomic mass is 16.3. The van der Waals surface area contributed by atoms with Crippen LogP contribution in [0.3, 0.4) is 0 Å². The second-order valence-corrected chi connectivity index (χ2v) is 6.49. The fraction of sp³-hybridized carbons (Fsp3) is 0.588. The molecule has 3 unspecified atom stereocenters. The first-order valence-corrected chi connectivity index (χ1v) is 7.79. The number of phenols is 1. The SMILES string of the molecule is CC1CCC(NC(=O)[C@@H](N)Cc2ccc(O)cc2)C(C)C1. The molecular formula is C17H26N2O2. The monoisotopic (exact) mass is 290 g/mol. The molecule has 0 heterocycles. The van der Waals surface area contributed by atoms with Gasteiger partial charge in [-0.25, -0.2) is 0 Å². The Bertz CT molecular complexity index is 472. The van der Waals surface area contributed by atoms with Crippen molar-refractivity contribution < 1.29 is 9.90 Å². The van der Waals surface area contributed by atoms with Gasteiger partial charge in [-0.05, 0) is 55.2 Å². The molecule has 4 N–H and O–H groups in total. The third kappa shape index (κ3) is 4.46. The molecule has 4 nitrogen and oxygen atoms in total. The van der Waals surface area contributed by atoms with Gasteiger partial charge >= 0.3 is 0 Å². The smallest absolute Gasteiger partial charge is 0.237 e. The zero-order chi connectivity index (χ0) is 15.4. The van der Waals surface area contributed by atoms with E-state index in [0.29, 0.717) is 12.3 Å². The minimum Gasteiger partial charge on any atom is -0.508 e. The van der Waals surface area contributed by atoms with Gasteiger partial charge in [0.05, 0.1) is 6.04 Å². The molecule has 0 aromatic heterocycles. The van der Waals surface area contributed by atoms with Crippen LogP contribution < -0.4 is 11.1 Å². The van der Waals surface area contributed by atoms with Gasteiger partial charge in [-0.3, -0.25) is 4.79 Å². The van der Waals surface area contributed by atoms with Crippen molar-refractivity contribution in [1.82, 2.24) is 5.32 Å². The summed E-state index contributed by atoms with van der Waals surface area (Å²) in [6, 6.07) is 6.54. The number of hydrogen-bond acceptors (Lipinski definition) is 3. The van der Waals surface area contributed by atoms with Crippen LogP contribution in [0, 0.1) is 11.8 Å². The van der Waals surface area contributed by atoms with E-state index < -0.39 is 6.04 Å². The average molecular weight is 290 g/mol. The molecule has 2 rings (SSSR count). The molecule has 4 heteroatoms. The zero-order valence-electron chi connectivity index (χ0n) is 12.9. The van der Waals surface area contributed by atoms with Gasteiger partial charge in [-0.15, -0.1) is 0 Å². The fourth-order valence-corrected chi connectivity index (χ4v) is 3.15. The lowest BCUT2D eigenvalue weighted by molar-refractivity contribution is -0.123. The first kappa shape index (κ1) is 15.8. The van der Waals surface area contributed by atoms with Crippen LogP contribution in [0.15, 0.2) is 24.3 Å². The summed E-state index contributed by atoms with van der Waals surface area (Å²) >= 11 is 0. The summed E-state index contributed by atoms with van der Waals surface area (Å²) in [7, 11) is 0. The van der Waals surface area contributed by atoms with Crippen LogP contribution in [0.25, 0.3) is 0 Å². The van der Waals surface area contributed by atoms with Gasteiger partial charge in [0, 0.05) is 6.04 Å². The molecule has 1 amide bonds. The number of benzene rings is 1. The van der Waals surface area contributed by atoms with Crippen molar-refractivity contribution in [3.63, 3.8) is 0 Å². The van der Waals surface area contributed by atoms with Gasteiger partial charge in [-0.2, -0.15) is 0 Å². The maximum Gasteiger partial charge on any atom is 0.237 e. The van der Waals surface area contributed by atoms with Crippen LogP contribution >= 0.6 is 0 Å². The van der Waals surface area contributed by atoms with Crippen molar-refractivity contribution in [2.45, 2.75) is 51.6 Å². The van der Waals surface area contributed by atoms with E-state index in [2.05, 4.69) is 19.2 Å². The Labute approximate surface area is 126 Å². The van der Waals surface area contributed by atoms with Crippen molar-refractivity contribution in [3.8, 4) is 5.75 Å². The number of phenolic OH excluding ortho intramolecular Hbond substituents is 1. The van der Waals surface area contributed by atoms with Gasteiger partial charge < -0.3 is 16.2 Å². The van der Waals surface area contributed by atoms with Crippen molar-refractivity contribution >= 4 is 5.91 Å². The number of aromatic hydroxyl groups is 1. The number of carbonyl (C=O) groups excluding carboxylic acids is 1. The Morgan fingerprint density at radius 1 is 1.33 bits per heavy atom. The molecule has 4 atom stereocenters. The predicted octanol–water partition coefficient (Wildman–Crippen LogP) is 2.20. The Morgan fingerprint density at radius 2 is 2.00 bits per heavy atom. The van der Waals surface area contributed by atoms with Crippen molar-refractivity contribution in [2.24, 2.45) is 17.6 Å². The molecule has 1 aromatic rings. The second kappa shape index (κ2) is 6.94. The van der Waals surface area contributed by atoms with Gasteiger partial charge in [0.1, 0.15) is 5.75 Å². The number of carbonyl (C=O) groups is 1. The van der Waals surface area contributed by atoms with E-state index in [9.17, 15) is 9.90 Å². The van der Waals surface area contributed by atoms with Crippen molar-refractivity contribution in [1.29, 1.82) is 0 Å². The lowest BCUT2D eigenvalue weighted by atomic mass is 9.80. The Hall–Kier alpha value is -1.55. The molecule has 0 spiro atoms. The summed E-state index contributed by atoms with van der Waals surface area (Å²) in [5, 5.41) is 12.4. The normalized spacial score (nSPS) is 27.1. The summed E-state index contributed by atoms with van der Waals surface area (Å²) in [6.45, 7) is 4.47. The lowest BCUT2D eigenvalue weighted by Gasteiger charge is -2.33. The highest BCUT2D eigenvalue weighted by Gasteiger charge is 2.27. The van der Waals surface area contributed by atoms with Crippen LogP contribution in [0.5, 0.6) is 5.75 Å². The Morgan fingerprint density at radius 3 is 2.62 bits per heavy atom. The van der Waals surface area contributed by atoms with Crippen molar-refractivity contribution in [2.75, 3.05) is 0 Å². The minimum absolute atomic E-state index is 0.0746. The quantitative estimate of drug-likeness (QED) is 0.795. The summed E-state index contributed by atoms with van der Waals surface area (Å²) in [5.41, 5.74) is 6.96. The van der Waals surface area contributed by atoms with E-state index in [1.807, 2.05) is 0 Å². The van der Waals surface area contributed by atoms with E-state index in [1.165, 1.54) is 6.42 Å². The minimum atomic E-state index is -0.541. The molecule has 116 valence electrons. The van der Waals surface area contributed by atoms with Crippen LogP contribution in [-0.2, 0) is 11.2 Å². The number of rotatable bonds is 4. The van der Waals surface area contributed by atoms with Gasteiger partial charge in [0.15, 0.2) is 0 Å². The lowest BCUT2D eigenvalue weighted by Crippen LogP contribution is -2.49. The zero-order valence-corrected chi connectivity index (χ0v) is 12.9. The molecule has 1 aliphatic rings. The molecule has 0 aliphatic heterocycles. The number of nitrogens with one attached hydrogen (secondary N) is 1. The predicted molar refractivity (Wildman–Crippen MR) is 83.9 cm³/mol. The molecule has 0 radical (unpaired) electrons. The number of hydrogen-bond donors (Lipinski definition) is 3. The van der Waals surface area contributed by atoms with Gasteiger partial charge in [-0.1, -0.05) is 26.0 Å². The Kier molecular flexibility index (Phi) is 5.23. The molecule has 0 saturated heterocycles. The van der Waals surface area contributed by atoms with E-state index >= 15 is 0 Å². The summed E-state index contributed by atoms with van der Waals surface area (Å²) in [6.07, 6.45) is 3.87. The molecule has 1 aromatic carbocycles. The topological polar surface area (TPSA) is 75.4 Å². The highest BCUT2D eigenvalue weighted by molar-refractivity contribution is 5.82. The van der Waals surface area contributed by atoms with E-state index in [4.69, 9.17) is 5.73 Å². The molecule has 21 heavy (non-hydrogen) atoms. The molecular weight excluding hydrogens is 264 g/mol. The number of amides is 1. The van der Waals surface area contributed by atoms with Gasteiger partial charge in [0.2, 0.25) is 5.91 Å².